The summed E-state index contributed by atoms with van der Waals surface area (Å²) in [5.74, 6) is 1.22. The summed E-state index contributed by atoms with van der Waals surface area (Å²) >= 11 is 0. The monoisotopic (exact) mass is 432 g/mol. The first kappa shape index (κ1) is 20.9. The number of anilines is 1. The summed E-state index contributed by atoms with van der Waals surface area (Å²) < 4.78 is 5.36. The van der Waals surface area contributed by atoms with E-state index in [2.05, 4.69) is 23.5 Å². The predicted octanol–water partition coefficient (Wildman–Crippen LogP) is 5.63. The first-order chi connectivity index (χ1) is 15.6. The van der Waals surface area contributed by atoms with Crippen molar-refractivity contribution in [3.05, 3.63) is 65.2 Å². The molecule has 2 N–H and O–H groups in total. The smallest absolute Gasteiger partial charge is 0.255 e. The minimum absolute atomic E-state index is 0.0790. The molecule has 0 bridgehead atoms. The molecule has 3 unspecified atom stereocenters. The van der Waals surface area contributed by atoms with Crippen molar-refractivity contribution in [2.75, 3.05) is 19.5 Å². The molecule has 2 aromatic carbocycles. The van der Waals surface area contributed by atoms with E-state index in [0.29, 0.717) is 11.8 Å². The van der Waals surface area contributed by atoms with Crippen molar-refractivity contribution >= 4 is 11.6 Å². The topological polar surface area (TPSA) is 61.8 Å². The lowest BCUT2D eigenvalue weighted by atomic mass is 9.76. The van der Waals surface area contributed by atoms with Gasteiger partial charge in [-0.15, -0.1) is 0 Å². The summed E-state index contributed by atoms with van der Waals surface area (Å²) in [5, 5.41) is 14.6. The number of amides is 1. The molecule has 1 amide bonds. The van der Waals surface area contributed by atoms with Crippen LogP contribution in [0.25, 0.3) is 0 Å². The average molecular weight is 433 g/mol. The van der Waals surface area contributed by atoms with Crippen LogP contribution in [0.5, 0.6) is 11.5 Å². The van der Waals surface area contributed by atoms with E-state index in [1.807, 2.05) is 36.2 Å². The van der Waals surface area contributed by atoms with Crippen LogP contribution in [-0.4, -0.2) is 36.1 Å². The van der Waals surface area contributed by atoms with E-state index >= 15 is 0 Å². The number of ether oxygens (including phenoxy) is 1. The number of nitrogens with one attached hydrogen (secondary N) is 1. The molecule has 1 heterocycles. The van der Waals surface area contributed by atoms with Crippen LogP contribution in [-0.2, 0) is 0 Å². The molecule has 0 saturated heterocycles. The Kier molecular flexibility index (Phi) is 5.58. The third kappa shape index (κ3) is 3.44. The van der Waals surface area contributed by atoms with Gasteiger partial charge in [-0.3, -0.25) is 4.79 Å². The number of phenols is 1. The Bertz CT molecular complexity index is 1040. The van der Waals surface area contributed by atoms with Crippen molar-refractivity contribution in [1.29, 1.82) is 0 Å². The highest BCUT2D eigenvalue weighted by molar-refractivity contribution is 6.01. The summed E-state index contributed by atoms with van der Waals surface area (Å²) in [5.41, 5.74) is 3.61. The Morgan fingerprint density at radius 3 is 2.62 bits per heavy atom. The number of nitrogens with zero attached hydrogens (tertiary/aromatic N) is 1. The van der Waals surface area contributed by atoms with Gasteiger partial charge in [-0.1, -0.05) is 55.7 Å². The molecule has 2 aliphatic carbocycles. The summed E-state index contributed by atoms with van der Waals surface area (Å²) in [6, 6.07) is 11.9. The van der Waals surface area contributed by atoms with Crippen molar-refractivity contribution in [3.63, 3.8) is 0 Å². The molecule has 0 aromatic heterocycles. The number of allylic oxidation sites excluding steroid dienone is 2. The fraction of sp³-hybridized carbons (Fsp3) is 0.444. The Balaban J connectivity index is 1.54. The second-order valence-electron chi connectivity index (χ2n) is 9.35. The number of benzene rings is 2. The lowest BCUT2D eigenvalue weighted by Crippen LogP contribution is -2.39. The number of fused-ring (bicyclic) bond motifs is 3. The van der Waals surface area contributed by atoms with E-state index in [-0.39, 0.29) is 29.5 Å². The fourth-order valence-corrected chi connectivity index (χ4v) is 5.89. The SMILES string of the molecule is COc1cccc(C2Nc3c(C(=O)N(C)C4CCCCC4)cccc3C3C=CCC32)c1O. The normalized spacial score (nSPS) is 24.4. The van der Waals surface area contributed by atoms with Gasteiger partial charge in [0.05, 0.1) is 24.4 Å². The van der Waals surface area contributed by atoms with E-state index in [1.54, 1.807) is 13.2 Å². The summed E-state index contributed by atoms with van der Waals surface area (Å²) in [6.45, 7) is 0. The van der Waals surface area contributed by atoms with E-state index < -0.39 is 0 Å². The molecule has 1 aliphatic heterocycles. The maximum atomic E-state index is 13.6. The summed E-state index contributed by atoms with van der Waals surface area (Å²) in [7, 11) is 3.52. The van der Waals surface area contributed by atoms with E-state index in [4.69, 9.17) is 4.74 Å². The fourth-order valence-electron chi connectivity index (χ4n) is 5.89. The average Bonchev–Trinajstić information content (AvgIpc) is 3.33. The minimum atomic E-state index is -0.105. The second kappa shape index (κ2) is 8.53. The minimum Gasteiger partial charge on any atom is -0.504 e. The molecule has 168 valence electrons. The Morgan fingerprint density at radius 2 is 1.84 bits per heavy atom. The zero-order valence-electron chi connectivity index (χ0n) is 18.9. The Morgan fingerprint density at radius 1 is 1.09 bits per heavy atom. The maximum Gasteiger partial charge on any atom is 0.255 e. The second-order valence-corrected chi connectivity index (χ2v) is 9.35. The van der Waals surface area contributed by atoms with Crippen LogP contribution in [0.3, 0.4) is 0 Å². The van der Waals surface area contributed by atoms with E-state index in [1.165, 1.54) is 24.8 Å². The highest BCUT2D eigenvalue weighted by Crippen LogP contribution is 2.52. The zero-order chi connectivity index (χ0) is 22.2. The molecule has 3 atom stereocenters. The van der Waals surface area contributed by atoms with Crippen molar-refractivity contribution in [2.45, 2.75) is 56.5 Å². The Labute approximate surface area is 190 Å². The van der Waals surface area contributed by atoms with Crippen LogP contribution in [0.15, 0.2) is 48.6 Å². The van der Waals surface area contributed by atoms with Crippen molar-refractivity contribution < 1.29 is 14.6 Å². The molecule has 2 aromatic rings. The molecule has 1 saturated carbocycles. The van der Waals surface area contributed by atoms with E-state index in [9.17, 15) is 9.90 Å². The van der Waals surface area contributed by atoms with Gasteiger partial charge in [0.15, 0.2) is 11.5 Å². The number of methoxy groups -OCH3 is 1. The van der Waals surface area contributed by atoms with Crippen LogP contribution in [0.2, 0.25) is 0 Å². The van der Waals surface area contributed by atoms with Crippen LogP contribution in [0, 0.1) is 5.92 Å². The van der Waals surface area contributed by atoms with Gasteiger partial charge >= 0.3 is 0 Å². The highest BCUT2D eigenvalue weighted by Gasteiger charge is 2.41. The number of phenolic OH excluding ortho intramolecular Hbond substituents is 1. The molecule has 5 nitrogen and oxygen atoms in total. The highest BCUT2D eigenvalue weighted by atomic mass is 16.5. The molecule has 0 radical (unpaired) electrons. The van der Waals surface area contributed by atoms with Gasteiger partial charge in [-0.05, 0) is 42.9 Å². The Hall–Kier alpha value is -2.95. The number of aromatic hydroxyl groups is 1. The van der Waals surface area contributed by atoms with Gasteiger partial charge in [0.1, 0.15) is 0 Å². The van der Waals surface area contributed by atoms with Gasteiger partial charge in [-0.2, -0.15) is 0 Å². The lowest BCUT2D eigenvalue weighted by Gasteiger charge is -2.39. The van der Waals surface area contributed by atoms with Crippen LogP contribution in [0.1, 0.15) is 72.0 Å². The molecule has 1 fully saturated rings. The standard InChI is InChI=1S/C27H32N2O3/c1-29(17-9-4-3-5-10-17)27(31)22-15-7-13-20-18-11-6-12-19(18)24(28-25(20)22)21-14-8-16-23(32-2)26(21)30/h6-8,11,13-19,24,28,30H,3-5,9-10,12H2,1-2H3. The largest absolute Gasteiger partial charge is 0.504 e. The predicted molar refractivity (Wildman–Crippen MR) is 126 cm³/mol. The number of carbonyl (C=O) groups is 1. The van der Waals surface area contributed by atoms with Gasteiger partial charge in [0.25, 0.3) is 5.91 Å². The third-order valence-electron chi connectivity index (χ3n) is 7.66. The van der Waals surface area contributed by atoms with E-state index in [0.717, 1.165) is 36.1 Å². The summed E-state index contributed by atoms with van der Waals surface area (Å²) in [4.78, 5) is 15.6. The number of carbonyl (C=O) groups excluding carboxylic acids is 1. The van der Waals surface area contributed by atoms with Crippen molar-refractivity contribution in [1.82, 2.24) is 4.90 Å². The number of para-hydroxylation sites is 2. The van der Waals surface area contributed by atoms with Gasteiger partial charge in [-0.25, -0.2) is 0 Å². The van der Waals surface area contributed by atoms with Gasteiger partial charge in [0, 0.05) is 24.6 Å². The van der Waals surface area contributed by atoms with Crippen LogP contribution in [0.4, 0.5) is 5.69 Å². The van der Waals surface area contributed by atoms with Crippen molar-refractivity contribution in [2.24, 2.45) is 5.92 Å². The summed E-state index contributed by atoms with van der Waals surface area (Å²) in [6.07, 6.45) is 11.2. The number of hydrogen-bond acceptors (Lipinski definition) is 4. The van der Waals surface area contributed by atoms with Crippen LogP contribution < -0.4 is 10.1 Å². The number of hydrogen-bond donors (Lipinski definition) is 2. The van der Waals surface area contributed by atoms with Crippen LogP contribution >= 0.6 is 0 Å². The molecular weight excluding hydrogens is 400 g/mol. The first-order valence-electron chi connectivity index (χ1n) is 11.8. The molecule has 32 heavy (non-hydrogen) atoms. The number of rotatable bonds is 4. The molecule has 3 aliphatic rings. The zero-order valence-corrected chi connectivity index (χ0v) is 18.9. The van der Waals surface area contributed by atoms with Gasteiger partial charge < -0.3 is 20.1 Å². The van der Waals surface area contributed by atoms with Gasteiger partial charge in [0.2, 0.25) is 0 Å². The first-order valence-corrected chi connectivity index (χ1v) is 11.8. The lowest BCUT2D eigenvalue weighted by molar-refractivity contribution is 0.0697. The quantitative estimate of drug-likeness (QED) is 0.615. The molecule has 5 heteroatoms. The molecule has 5 rings (SSSR count). The van der Waals surface area contributed by atoms with Crippen molar-refractivity contribution in [3.8, 4) is 11.5 Å². The molecule has 0 spiro atoms. The maximum absolute atomic E-state index is 13.6. The molecular formula is C27H32N2O3. The third-order valence-corrected chi connectivity index (χ3v) is 7.66.